The van der Waals surface area contributed by atoms with Crippen molar-refractivity contribution in [1.29, 1.82) is 0 Å². The number of methoxy groups -OCH3 is 1. The van der Waals surface area contributed by atoms with Crippen LogP contribution in [0.25, 0.3) is 0 Å². The molecule has 0 fully saturated rings. The fraction of sp³-hybridized carbons (Fsp3) is 0.630. The van der Waals surface area contributed by atoms with Crippen LogP contribution in [0, 0.1) is 0 Å². The van der Waals surface area contributed by atoms with Gasteiger partial charge in [0, 0.05) is 31.2 Å². The molecule has 4 nitrogen and oxygen atoms in total. The van der Waals surface area contributed by atoms with E-state index >= 15 is 0 Å². The number of allylic oxidation sites excluding steroid dienone is 2. The number of carbonyl (C=O) groups excluding carboxylic acids is 2. The molecule has 0 heterocycles. The molecular weight excluding hydrogens is 386 g/mol. The fourth-order valence-corrected chi connectivity index (χ4v) is 3.61. The van der Waals surface area contributed by atoms with Crippen molar-refractivity contribution in [3.05, 3.63) is 47.7 Å². The third-order valence-electron chi connectivity index (χ3n) is 5.53. The van der Waals surface area contributed by atoms with E-state index < -0.39 is 0 Å². The minimum atomic E-state index is -0.115. The summed E-state index contributed by atoms with van der Waals surface area (Å²) in [6.07, 6.45) is 16.0. The van der Waals surface area contributed by atoms with E-state index in [0.29, 0.717) is 12.8 Å². The molecule has 0 spiro atoms. The van der Waals surface area contributed by atoms with Gasteiger partial charge >= 0.3 is 5.97 Å². The van der Waals surface area contributed by atoms with Crippen LogP contribution in [0.1, 0.15) is 96.0 Å². The first-order valence-electron chi connectivity index (χ1n) is 12.2. The number of ketones is 1. The first-order valence-corrected chi connectivity index (χ1v) is 12.2. The van der Waals surface area contributed by atoms with Crippen molar-refractivity contribution in [3.8, 4) is 0 Å². The standard InChI is InChI=1S/C27H43NO3/c1-3-4-5-14-19-26(29)23-25(28-22-21-24-16-11-10-12-17-24)18-13-8-6-7-9-15-20-27(30)31-2/h10-12,16-17,23,28H,3-9,13-15,18-22H2,1-2H3/b25-23-. The zero-order chi connectivity index (χ0) is 22.6. The molecule has 1 N–H and O–H groups in total. The number of esters is 1. The van der Waals surface area contributed by atoms with Gasteiger partial charge in [-0.25, -0.2) is 0 Å². The lowest BCUT2D eigenvalue weighted by Crippen LogP contribution is -2.18. The molecule has 0 atom stereocenters. The van der Waals surface area contributed by atoms with Crippen LogP contribution < -0.4 is 5.32 Å². The summed E-state index contributed by atoms with van der Waals surface area (Å²) in [5.41, 5.74) is 2.40. The molecule has 1 rings (SSSR count). The van der Waals surface area contributed by atoms with Crippen LogP contribution in [0.15, 0.2) is 42.1 Å². The van der Waals surface area contributed by atoms with Gasteiger partial charge in [0.2, 0.25) is 0 Å². The van der Waals surface area contributed by atoms with E-state index in [4.69, 9.17) is 0 Å². The molecule has 0 aliphatic carbocycles. The molecule has 1 aromatic carbocycles. The zero-order valence-electron chi connectivity index (χ0n) is 19.8. The summed E-state index contributed by atoms with van der Waals surface area (Å²) in [6.45, 7) is 3.04. The monoisotopic (exact) mass is 429 g/mol. The Kier molecular flexibility index (Phi) is 16.2. The molecule has 0 aliphatic rings. The maximum atomic E-state index is 12.4. The number of hydrogen-bond donors (Lipinski definition) is 1. The van der Waals surface area contributed by atoms with Crippen LogP contribution in [0.4, 0.5) is 0 Å². The van der Waals surface area contributed by atoms with Crippen LogP contribution in [0.5, 0.6) is 0 Å². The number of ether oxygens (including phenoxy) is 1. The van der Waals surface area contributed by atoms with Gasteiger partial charge in [-0.15, -0.1) is 0 Å². The van der Waals surface area contributed by atoms with Gasteiger partial charge in [0.05, 0.1) is 7.11 Å². The van der Waals surface area contributed by atoms with Gasteiger partial charge in [-0.2, -0.15) is 0 Å². The molecule has 1 aromatic rings. The summed E-state index contributed by atoms with van der Waals surface area (Å²) >= 11 is 0. The number of unbranched alkanes of at least 4 members (excludes halogenated alkanes) is 8. The summed E-state index contributed by atoms with van der Waals surface area (Å²) in [7, 11) is 1.44. The van der Waals surface area contributed by atoms with Crippen molar-refractivity contribution in [3.63, 3.8) is 0 Å². The molecule has 0 unspecified atom stereocenters. The van der Waals surface area contributed by atoms with Gasteiger partial charge in [0.1, 0.15) is 0 Å². The van der Waals surface area contributed by atoms with Crippen LogP contribution in [0.2, 0.25) is 0 Å². The van der Waals surface area contributed by atoms with Crippen molar-refractivity contribution in [1.82, 2.24) is 5.32 Å². The topological polar surface area (TPSA) is 55.4 Å². The van der Waals surface area contributed by atoms with Gasteiger partial charge in [-0.05, 0) is 37.7 Å². The molecule has 0 radical (unpaired) electrons. The van der Waals surface area contributed by atoms with E-state index in [1.165, 1.54) is 31.9 Å². The van der Waals surface area contributed by atoms with Crippen molar-refractivity contribution >= 4 is 11.8 Å². The lowest BCUT2D eigenvalue weighted by molar-refractivity contribution is -0.140. The van der Waals surface area contributed by atoms with Crippen LogP contribution >= 0.6 is 0 Å². The van der Waals surface area contributed by atoms with Gasteiger partial charge < -0.3 is 10.1 Å². The minimum Gasteiger partial charge on any atom is -0.469 e. The molecule has 0 aliphatic heterocycles. The zero-order valence-corrected chi connectivity index (χ0v) is 19.8. The third-order valence-corrected chi connectivity index (χ3v) is 5.53. The predicted molar refractivity (Wildman–Crippen MR) is 129 cm³/mol. The quantitative estimate of drug-likeness (QED) is 0.154. The van der Waals surface area contributed by atoms with E-state index in [1.807, 2.05) is 12.1 Å². The highest BCUT2D eigenvalue weighted by molar-refractivity contribution is 5.90. The average molecular weight is 430 g/mol. The van der Waals surface area contributed by atoms with Gasteiger partial charge in [0.25, 0.3) is 0 Å². The molecule has 31 heavy (non-hydrogen) atoms. The normalized spacial score (nSPS) is 11.4. The Morgan fingerprint density at radius 3 is 2.13 bits per heavy atom. The van der Waals surface area contributed by atoms with E-state index in [9.17, 15) is 9.59 Å². The number of nitrogens with one attached hydrogen (secondary N) is 1. The maximum absolute atomic E-state index is 12.4. The largest absolute Gasteiger partial charge is 0.469 e. The maximum Gasteiger partial charge on any atom is 0.305 e. The second-order valence-corrected chi connectivity index (χ2v) is 8.31. The molecule has 0 saturated carbocycles. The Bertz CT molecular complexity index is 625. The second kappa shape index (κ2) is 18.7. The Labute approximate surface area is 189 Å². The van der Waals surface area contributed by atoms with Gasteiger partial charge in [-0.3, -0.25) is 9.59 Å². The van der Waals surface area contributed by atoms with Gasteiger partial charge in [0.15, 0.2) is 5.78 Å². The van der Waals surface area contributed by atoms with Crippen LogP contribution in [-0.2, 0) is 20.7 Å². The van der Waals surface area contributed by atoms with E-state index in [1.54, 1.807) is 0 Å². The van der Waals surface area contributed by atoms with Crippen molar-refractivity contribution < 1.29 is 14.3 Å². The van der Waals surface area contributed by atoms with Crippen molar-refractivity contribution in [2.24, 2.45) is 0 Å². The van der Waals surface area contributed by atoms with E-state index in [0.717, 1.165) is 70.0 Å². The minimum absolute atomic E-state index is 0.115. The molecule has 174 valence electrons. The summed E-state index contributed by atoms with van der Waals surface area (Å²) in [5, 5.41) is 3.52. The number of carbonyl (C=O) groups is 2. The van der Waals surface area contributed by atoms with Crippen LogP contribution in [-0.4, -0.2) is 25.4 Å². The fourth-order valence-electron chi connectivity index (χ4n) is 3.61. The third kappa shape index (κ3) is 15.4. The molecule has 4 heteroatoms. The Morgan fingerprint density at radius 1 is 0.839 bits per heavy atom. The van der Waals surface area contributed by atoms with E-state index in [-0.39, 0.29) is 11.8 Å². The second-order valence-electron chi connectivity index (χ2n) is 8.31. The average Bonchev–Trinajstić information content (AvgIpc) is 2.78. The molecule has 0 bridgehead atoms. The number of benzene rings is 1. The highest BCUT2D eigenvalue weighted by Crippen LogP contribution is 2.13. The molecule has 0 aromatic heterocycles. The Morgan fingerprint density at radius 2 is 1.45 bits per heavy atom. The molecular formula is C27H43NO3. The lowest BCUT2D eigenvalue weighted by Gasteiger charge is -2.12. The molecule has 0 amide bonds. The summed E-state index contributed by atoms with van der Waals surface area (Å²) in [4.78, 5) is 23.5. The SMILES string of the molecule is CCCCCCC(=O)/C=C(/CCCCCCCCC(=O)OC)NCCc1ccccc1. The Balaban J connectivity index is 2.34. The first kappa shape index (κ1) is 26.9. The highest BCUT2D eigenvalue weighted by atomic mass is 16.5. The Hall–Kier alpha value is -2.10. The number of hydrogen-bond acceptors (Lipinski definition) is 4. The molecule has 0 saturated heterocycles. The lowest BCUT2D eigenvalue weighted by atomic mass is 10.0. The van der Waals surface area contributed by atoms with Crippen LogP contribution in [0.3, 0.4) is 0 Å². The van der Waals surface area contributed by atoms with Crippen molar-refractivity contribution in [2.75, 3.05) is 13.7 Å². The van der Waals surface area contributed by atoms with Gasteiger partial charge in [-0.1, -0.05) is 82.2 Å². The first-order chi connectivity index (χ1) is 15.2. The highest BCUT2D eigenvalue weighted by Gasteiger charge is 2.04. The summed E-state index contributed by atoms with van der Waals surface area (Å²) in [6, 6.07) is 10.5. The smallest absolute Gasteiger partial charge is 0.305 e. The number of rotatable bonds is 19. The summed E-state index contributed by atoms with van der Waals surface area (Å²) in [5.74, 6) is 0.136. The summed E-state index contributed by atoms with van der Waals surface area (Å²) < 4.78 is 4.67. The van der Waals surface area contributed by atoms with Crippen molar-refractivity contribution in [2.45, 2.75) is 96.8 Å². The van der Waals surface area contributed by atoms with E-state index in [2.05, 4.69) is 41.2 Å². The predicted octanol–water partition coefficient (Wildman–Crippen LogP) is 6.54.